The van der Waals surface area contributed by atoms with Gasteiger partial charge in [0.1, 0.15) is 10.8 Å². The Morgan fingerprint density at radius 3 is 2.81 bits per heavy atom. The summed E-state index contributed by atoms with van der Waals surface area (Å²) >= 11 is 1.37. The standard InChI is InChI=1S/C15H19N3O2S/c1-10-6-7-11(2)13(9-10)20-8-4-5-14(19)16-15-18-17-12(3)21-15/h6-7,9H,4-5,8H2,1-3H3,(H,16,18,19). The minimum absolute atomic E-state index is 0.0595. The molecule has 5 nitrogen and oxygen atoms in total. The number of rotatable bonds is 6. The number of carbonyl (C=O) groups is 1. The van der Waals surface area contributed by atoms with E-state index >= 15 is 0 Å². The predicted molar refractivity (Wildman–Crippen MR) is 83.9 cm³/mol. The maximum atomic E-state index is 11.7. The summed E-state index contributed by atoms with van der Waals surface area (Å²) in [5.41, 5.74) is 2.27. The third-order valence-electron chi connectivity index (χ3n) is 2.92. The third-order valence-corrected chi connectivity index (χ3v) is 3.68. The molecule has 0 fully saturated rings. The van der Waals surface area contributed by atoms with Gasteiger partial charge < -0.3 is 10.1 Å². The number of hydrogen-bond acceptors (Lipinski definition) is 5. The number of nitrogens with one attached hydrogen (secondary N) is 1. The summed E-state index contributed by atoms with van der Waals surface area (Å²) in [7, 11) is 0. The number of aromatic nitrogens is 2. The molecule has 1 aromatic heterocycles. The maximum Gasteiger partial charge on any atom is 0.226 e. The van der Waals surface area contributed by atoms with Crippen molar-refractivity contribution in [2.45, 2.75) is 33.6 Å². The van der Waals surface area contributed by atoms with Crippen LogP contribution in [0.3, 0.4) is 0 Å². The number of ether oxygens (including phenoxy) is 1. The van der Waals surface area contributed by atoms with Gasteiger partial charge in [0.05, 0.1) is 6.61 Å². The maximum absolute atomic E-state index is 11.7. The lowest BCUT2D eigenvalue weighted by Gasteiger charge is -2.09. The molecule has 6 heteroatoms. The first kappa shape index (κ1) is 15.4. The molecular formula is C15H19N3O2S. The second kappa shape index (κ2) is 7.17. The van der Waals surface area contributed by atoms with Gasteiger partial charge >= 0.3 is 0 Å². The lowest BCUT2D eigenvalue weighted by atomic mass is 10.1. The number of hydrogen-bond donors (Lipinski definition) is 1. The van der Waals surface area contributed by atoms with Crippen molar-refractivity contribution in [2.75, 3.05) is 11.9 Å². The lowest BCUT2D eigenvalue weighted by molar-refractivity contribution is -0.116. The molecule has 2 aromatic rings. The molecule has 1 aromatic carbocycles. The Bertz CT molecular complexity index is 625. The molecular weight excluding hydrogens is 286 g/mol. The van der Waals surface area contributed by atoms with E-state index < -0.39 is 0 Å². The van der Waals surface area contributed by atoms with Crippen molar-refractivity contribution in [1.82, 2.24) is 10.2 Å². The summed E-state index contributed by atoms with van der Waals surface area (Å²) in [6.45, 7) is 6.42. The van der Waals surface area contributed by atoms with Crippen molar-refractivity contribution in [3.63, 3.8) is 0 Å². The van der Waals surface area contributed by atoms with Crippen LogP contribution in [0.5, 0.6) is 5.75 Å². The molecule has 0 aliphatic rings. The first-order valence-corrected chi connectivity index (χ1v) is 7.66. The molecule has 0 unspecified atom stereocenters. The summed E-state index contributed by atoms with van der Waals surface area (Å²) in [4.78, 5) is 11.7. The average molecular weight is 305 g/mol. The largest absolute Gasteiger partial charge is 0.493 e. The van der Waals surface area contributed by atoms with E-state index in [0.717, 1.165) is 16.3 Å². The molecule has 0 atom stereocenters. The van der Waals surface area contributed by atoms with Crippen LogP contribution in [0.15, 0.2) is 18.2 Å². The Morgan fingerprint density at radius 2 is 2.10 bits per heavy atom. The van der Waals surface area contributed by atoms with Gasteiger partial charge in [0.25, 0.3) is 0 Å². The zero-order chi connectivity index (χ0) is 15.2. The van der Waals surface area contributed by atoms with Crippen LogP contribution in [0.25, 0.3) is 0 Å². The Labute approximate surface area is 128 Å². The van der Waals surface area contributed by atoms with Gasteiger partial charge in [-0.05, 0) is 44.4 Å². The third kappa shape index (κ3) is 4.82. The number of anilines is 1. The zero-order valence-electron chi connectivity index (χ0n) is 12.5. The van der Waals surface area contributed by atoms with E-state index in [-0.39, 0.29) is 5.91 Å². The van der Waals surface area contributed by atoms with E-state index in [4.69, 9.17) is 4.74 Å². The van der Waals surface area contributed by atoms with Crippen molar-refractivity contribution in [2.24, 2.45) is 0 Å². The van der Waals surface area contributed by atoms with E-state index in [2.05, 4.69) is 21.6 Å². The SMILES string of the molecule is Cc1ccc(C)c(OCCCC(=O)Nc2nnc(C)s2)c1. The van der Waals surface area contributed by atoms with Crippen molar-refractivity contribution in [1.29, 1.82) is 0 Å². The highest BCUT2D eigenvalue weighted by Crippen LogP contribution is 2.19. The Morgan fingerprint density at radius 1 is 1.29 bits per heavy atom. The minimum Gasteiger partial charge on any atom is -0.493 e. The summed E-state index contributed by atoms with van der Waals surface area (Å²) < 4.78 is 5.72. The fourth-order valence-electron chi connectivity index (χ4n) is 1.81. The van der Waals surface area contributed by atoms with Crippen LogP contribution in [-0.4, -0.2) is 22.7 Å². The molecule has 0 saturated heterocycles. The second-order valence-corrected chi connectivity index (χ2v) is 6.08. The normalized spacial score (nSPS) is 10.4. The van der Waals surface area contributed by atoms with Crippen LogP contribution in [0.2, 0.25) is 0 Å². The molecule has 0 radical (unpaired) electrons. The first-order chi connectivity index (χ1) is 10.0. The highest BCUT2D eigenvalue weighted by atomic mass is 32.1. The highest BCUT2D eigenvalue weighted by Gasteiger charge is 2.06. The Hall–Kier alpha value is -1.95. The van der Waals surface area contributed by atoms with Gasteiger partial charge in [-0.3, -0.25) is 4.79 Å². The smallest absolute Gasteiger partial charge is 0.226 e. The summed E-state index contributed by atoms with van der Waals surface area (Å²) in [6, 6.07) is 6.11. The lowest BCUT2D eigenvalue weighted by Crippen LogP contribution is -2.12. The number of nitrogens with zero attached hydrogens (tertiary/aromatic N) is 2. The fourth-order valence-corrected chi connectivity index (χ4v) is 2.41. The van der Waals surface area contributed by atoms with E-state index in [1.54, 1.807) is 0 Å². The topological polar surface area (TPSA) is 64.1 Å². The molecule has 0 bridgehead atoms. The molecule has 21 heavy (non-hydrogen) atoms. The van der Waals surface area contributed by atoms with Crippen LogP contribution in [0.4, 0.5) is 5.13 Å². The van der Waals surface area contributed by atoms with E-state index in [0.29, 0.717) is 24.6 Å². The first-order valence-electron chi connectivity index (χ1n) is 6.84. The summed E-state index contributed by atoms with van der Waals surface area (Å²) in [5.74, 6) is 0.825. The number of carbonyl (C=O) groups excluding carboxylic acids is 1. The average Bonchev–Trinajstić information content (AvgIpc) is 2.84. The fraction of sp³-hybridized carbons (Fsp3) is 0.400. The van der Waals surface area contributed by atoms with Crippen LogP contribution in [0, 0.1) is 20.8 Å². The summed E-state index contributed by atoms with van der Waals surface area (Å²) in [6.07, 6.45) is 1.07. The molecule has 0 spiro atoms. The molecule has 2 rings (SSSR count). The Balaban J connectivity index is 1.72. The van der Waals surface area contributed by atoms with Crippen LogP contribution >= 0.6 is 11.3 Å². The van der Waals surface area contributed by atoms with Crippen molar-refractivity contribution in [3.05, 3.63) is 34.3 Å². The van der Waals surface area contributed by atoms with Gasteiger partial charge in [0.2, 0.25) is 11.0 Å². The van der Waals surface area contributed by atoms with Crippen LogP contribution in [-0.2, 0) is 4.79 Å². The molecule has 1 amide bonds. The van der Waals surface area contributed by atoms with Crippen molar-refractivity contribution < 1.29 is 9.53 Å². The molecule has 1 heterocycles. The van der Waals surface area contributed by atoms with Gasteiger partial charge in [0, 0.05) is 6.42 Å². The second-order valence-electron chi connectivity index (χ2n) is 4.90. The number of aryl methyl sites for hydroxylation is 3. The van der Waals surface area contributed by atoms with Gasteiger partial charge in [-0.2, -0.15) is 0 Å². The molecule has 112 valence electrons. The van der Waals surface area contributed by atoms with Crippen molar-refractivity contribution >= 4 is 22.4 Å². The van der Waals surface area contributed by atoms with Crippen molar-refractivity contribution in [3.8, 4) is 5.75 Å². The quantitative estimate of drug-likeness (QED) is 0.832. The van der Waals surface area contributed by atoms with Crippen LogP contribution in [0.1, 0.15) is 29.0 Å². The van der Waals surface area contributed by atoms with E-state index in [1.165, 1.54) is 16.9 Å². The van der Waals surface area contributed by atoms with Gasteiger partial charge in [0.15, 0.2) is 0 Å². The van der Waals surface area contributed by atoms with E-state index in [9.17, 15) is 4.79 Å². The molecule has 0 aliphatic heterocycles. The Kier molecular flexibility index (Phi) is 5.27. The summed E-state index contributed by atoms with van der Waals surface area (Å²) in [5, 5.41) is 11.8. The molecule has 1 N–H and O–H groups in total. The van der Waals surface area contributed by atoms with Gasteiger partial charge in [-0.1, -0.05) is 23.5 Å². The van der Waals surface area contributed by atoms with Gasteiger partial charge in [-0.15, -0.1) is 10.2 Å². The predicted octanol–water partition coefficient (Wildman–Crippen LogP) is 3.26. The zero-order valence-corrected chi connectivity index (χ0v) is 13.3. The minimum atomic E-state index is -0.0595. The van der Waals surface area contributed by atoms with Gasteiger partial charge in [-0.25, -0.2) is 0 Å². The molecule has 0 saturated carbocycles. The monoisotopic (exact) mass is 305 g/mol. The highest BCUT2D eigenvalue weighted by molar-refractivity contribution is 7.15. The number of amides is 1. The number of benzene rings is 1. The molecule has 0 aliphatic carbocycles. The van der Waals surface area contributed by atoms with E-state index in [1.807, 2.05) is 32.9 Å². The van der Waals surface area contributed by atoms with Crippen LogP contribution < -0.4 is 10.1 Å².